The fourth-order valence-corrected chi connectivity index (χ4v) is 6.46. The number of rotatable bonds is 9. The molecule has 11 heteroatoms. The average Bonchev–Trinajstić information content (AvgIpc) is 3.61. The lowest BCUT2D eigenvalue weighted by Crippen LogP contribution is -1.98. The van der Waals surface area contributed by atoms with Gasteiger partial charge < -0.3 is 10.1 Å². The standard InChI is InChI=1S/C29H21FN4OS3.2ClH/c30-20-7-10-22(11-8-20)35-25-16-23(38-26-12-14-31-24-13-15-36-27(24)26)17-32-28(25)34-29-33-21(18-37-29)9-6-19-4-2-1-3-5-19;;/h1-5,7-8,10-18H,6,9H2,(H,32,33,34);2*1H. The molecule has 6 rings (SSSR count). The Morgan fingerprint density at radius 2 is 1.73 bits per heavy atom. The molecule has 4 heterocycles. The van der Waals surface area contributed by atoms with Gasteiger partial charge in [-0.1, -0.05) is 42.1 Å². The van der Waals surface area contributed by atoms with Crippen LogP contribution in [0.4, 0.5) is 15.3 Å². The maximum atomic E-state index is 13.5. The lowest BCUT2D eigenvalue weighted by atomic mass is 10.1. The lowest BCUT2D eigenvalue weighted by molar-refractivity contribution is 0.479. The van der Waals surface area contributed by atoms with Crippen molar-refractivity contribution in [3.63, 3.8) is 0 Å². The molecule has 5 nitrogen and oxygen atoms in total. The zero-order valence-corrected chi connectivity index (χ0v) is 24.9. The third-order valence-corrected chi connectivity index (χ3v) is 8.59. The van der Waals surface area contributed by atoms with Gasteiger partial charge in [-0.2, -0.15) is 0 Å². The second-order valence-corrected chi connectivity index (χ2v) is 11.3. The van der Waals surface area contributed by atoms with Gasteiger partial charge in [0.2, 0.25) is 0 Å². The molecule has 1 N–H and O–H groups in total. The number of pyridine rings is 2. The molecule has 0 amide bonds. The molecular weight excluding hydrogens is 606 g/mol. The van der Waals surface area contributed by atoms with Gasteiger partial charge in [-0.25, -0.2) is 14.4 Å². The number of nitrogens with one attached hydrogen (secondary N) is 1. The molecular formula is C29H23Cl2FN4OS3. The van der Waals surface area contributed by atoms with E-state index in [0.717, 1.165) is 43.7 Å². The third kappa shape index (κ3) is 7.30. The van der Waals surface area contributed by atoms with Crippen molar-refractivity contribution in [1.82, 2.24) is 15.0 Å². The number of thiazole rings is 1. The van der Waals surface area contributed by atoms with E-state index in [4.69, 9.17) is 9.72 Å². The molecule has 0 aliphatic rings. The SMILES string of the molecule is Cl.Cl.Fc1ccc(Oc2cc(Sc3ccnc4ccsc34)cnc2Nc2nc(CCc3ccccc3)cs2)cc1. The highest BCUT2D eigenvalue weighted by Crippen LogP contribution is 2.39. The summed E-state index contributed by atoms with van der Waals surface area (Å²) < 4.78 is 20.8. The maximum Gasteiger partial charge on any atom is 0.188 e. The van der Waals surface area contributed by atoms with Crippen molar-refractivity contribution in [3.8, 4) is 11.5 Å². The number of ether oxygens (including phenoxy) is 1. The van der Waals surface area contributed by atoms with Crippen LogP contribution in [0.5, 0.6) is 11.5 Å². The minimum absolute atomic E-state index is 0. The van der Waals surface area contributed by atoms with Gasteiger partial charge in [0.05, 0.1) is 15.9 Å². The zero-order valence-electron chi connectivity index (χ0n) is 20.8. The van der Waals surface area contributed by atoms with Gasteiger partial charge in [0.25, 0.3) is 0 Å². The summed E-state index contributed by atoms with van der Waals surface area (Å²) in [6, 6.07) is 22.3. The molecule has 0 aliphatic heterocycles. The molecule has 0 fully saturated rings. The van der Waals surface area contributed by atoms with Crippen molar-refractivity contribution < 1.29 is 9.13 Å². The van der Waals surface area contributed by atoms with Gasteiger partial charge in [0.15, 0.2) is 16.7 Å². The Bertz CT molecular complexity index is 1680. The van der Waals surface area contributed by atoms with Gasteiger partial charge in [0.1, 0.15) is 11.6 Å². The number of aromatic nitrogens is 3. The molecule has 0 aliphatic carbocycles. The first-order valence-corrected chi connectivity index (χ1v) is 14.5. The Kier molecular flexibility index (Phi) is 10.4. The Labute approximate surface area is 255 Å². The smallest absolute Gasteiger partial charge is 0.188 e. The van der Waals surface area contributed by atoms with Crippen molar-refractivity contribution in [1.29, 1.82) is 0 Å². The molecule has 0 spiro atoms. The monoisotopic (exact) mass is 628 g/mol. The van der Waals surface area contributed by atoms with E-state index >= 15 is 0 Å². The van der Waals surface area contributed by atoms with Gasteiger partial charge in [-0.15, -0.1) is 47.5 Å². The maximum absolute atomic E-state index is 13.5. The molecule has 0 unspecified atom stereocenters. The summed E-state index contributed by atoms with van der Waals surface area (Å²) in [4.78, 5) is 15.9. The van der Waals surface area contributed by atoms with E-state index in [0.29, 0.717) is 17.3 Å². The first-order valence-electron chi connectivity index (χ1n) is 11.9. The number of hydrogen-bond donors (Lipinski definition) is 1. The van der Waals surface area contributed by atoms with Crippen LogP contribution in [-0.2, 0) is 12.8 Å². The molecule has 0 saturated heterocycles. The molecule has 204 valence electrons. The largest absolute Gasteiger partial charge is 0.453 e. The van der Waals surface area contributed by atoms with E-state index in [-0.39, 0.29) is 30.6 Å². The van der Waals surface area contributed by atoms with Gasteiger partial charge in [0, 0.05) is 33.6 Å². The number of benzene rings is 2. The summed E-state index contributed by atoms with van der Waals surface area (Å²) in [5.74, 6) is 1.27. The van der Waals surface area contributed by atoms with Gasteiger partial charge >= 0.3 is 0 Å². The molecule has 0 bridgehead atoms. The van der Waals surface area contributed by atoms with Crippen LogP contribution in [0.25, 0.3) is 10.2 Å². The highest BCUT2D eigenvalue weighted by Gasteiger charge is 2.14. The fourth-order valence-electron chi connectivity index (χ4n) is 3.84. The van der Waals surface area contributed by atoms with Crippen molar-refractivity contribution in [2.24, 2.45) is 0 Å². The van der Waals surface area contributed by atoms with Crippen LogP contribution < -0.4 is 10.1 Å². The van der Waals surface area contributed by atoms with Gasteiger partial charge in [-0.3, -0.25) is 4.98 Å². The summed E-state index contributed by atoms with van der Waals surface area (Å²) in [5, 5.41) is 8.16. The van der Waals surface area contributed by atoms with Crippen molar-refractivity contribution in [2.45, 2.75) is 22.6 Å². The molecule has 40 heavy (non-hydrogen) atoms. The van der Waals surface area contributed by atoms with E-state index in [2.05, 4.69) is 44.9 Å². The normalized spacial score (nSPS) is 10.5. The van der Waals surface area contributed by atoms with Crippen molar-refractivity contribution in [2.75, 3.05) is 5.32 Å². The zero-order chi connectivity index (χ0) is 25.7. The van der Waals surface area contributed by atoms with E-state index in [9.17, 15) is 4.39 Å². The second kappa shape index (κ2) is 13.9. The molecule has 4 aromatic heterocycles. The summed E-state index contributed by atoms with van der Waals surface area (Å²) in [6.45, 7) is 0. The van der Waals surface area contributed by atoms with E-state index in [1.54, 1.807) is 35.2 Å². The van der Waals surface area contributed by atoms with E-state index < -0.39 is 0 Å². The first-order chi connectivity index (χ1) is 18.7. The minimum Gasteiger partial charge on any atom is -0.453 e. The fraction of sp³-hybridized carbons (Fsp3) is 0.0690. The van der Waals surface area contributed by atoms with Crippen LogP contribution in [0.1, 0.15) is 11.3 Å². The Hall–Kier alpha value is -3.21. The number of fused-ring (bicyclic) bond motifs is 1. The van der Waals surface area contributed by atoms with Crippen molar-refractivity contribution >= 4 is 80.4 Å². The number of hydrogen-bond acceptors (Lipinski definition) is 8. The van der Waals surface area contributed by atoms with Crippen LogP contribution >= 0.6 is 59.2 Å². The summed E-state index contributed by atoms with van der Waals surface area (Å²) >= 11 is 4.79. The third-order valence-electron chi connectivity index (χ3n) is 5.69. The Balaban J connectivity index is 0.00000185. The van der Waals surface area contributed by atoms with Gasteiger partial charge in [-0.05, 0) is 60.2 Å². The molecule has 2 aromatic carbocycles. The quantitative estimate of drug-likeness (QED) is 0.172. The molecule has 0 saturated carbocycles. The predicted octanol–water partition coefficient (Wildman–Crippen LogP) is 9.60. The van der Waals surface area contributed by atoms with Crippen LogP contribution in [0.15, 0.2) is 106 Å². The highest BCUT2D eigenvalue weighted by molar-refractivity contribution is 7.99. The van der Waals surface area contributed by atoms with E-state index in [1.807, 2.05) is 42.0 Å². The lowest BCUT2D eigenvalue weighted by Gasteiger charge is -2.13. The number of thiophene rings is 1. The molecule has 0 atom stereocenters. The van der Waals surface area contributed by atoms with Crippen LogP contribution in [0.3, 0.4) is 0 Å². The predicted molar refractivity (Wildman–Crippen MR) is 168 cm³/mol. The Morgan fingerprint density at radius 1 is 0.900 bits per heavy atom. The Morgan fingerprint density at radius 3 is 2.55 bits per heavy atom. The van der Waals surface area contributed by atoms with Crippen LogP contribution in [-0.4, -0.2) is 15.0 Å². The highest BCUT2D eigenvalue weighted by atomic mass is 35.5. The number of aryl methyl sites for hydroxylation is 2. The summed E-state index contributed by atoms with van der Waals surface area (Å²) in [6.07, 6.45) is 5.41. The number of anilines is 2. The number of halogens is 3. The van der Waals surface area contributed by atoms with Crippen LogP contribution in [0.2, 0.25) is 0 Å². The van der Waals surface area contributed by atoms with Crippen LogP contribution in [0, 0.1) is 5.82 Å². The minimum atomic E-state index is -0.318. The second-order valence-electron chi connectivity index (χ2n) is 8.37. The molecule has 6 aromatic rings. The van der Waals surface area contributed by atoms with E-state index in [1.165, 1.54) is 29.0 Å². The number of nitrogens with zero attached hydrogens (tertiary/aromatic N) is 3. The summed E-state index contributed by atoms with van der Waals surface area (Å²) in [5.41, 5.74) is 3.28. The topological polar surface area (TPSA) is 59.9 Å². The molecule has 0 radical (unpaired) electrons. The average molecular weight is 630 g/mol. The van der Waals surface area contributed by atoms with Crippen molar-refractivity contribution in [3.05, 3.63) is 113 Å². The first kappa shape index (κ1) is 29.8. The summed E-state index contributed by atoms with van der Waals surface area (Å²) in [7, 11) is 0.